The molecule has 0 bridgehead atoms. The van der Waals surface area contributed by atoms with Crippen molar-refractivity contribution in [3.8, 4) is 0 Å². The molecular weight excluding hydrogens is 294 g/mol. The van der Waals surface area contributed by atoms with E-state index in [2.05, 4.69) is 31.1 Å². The van der Waals surface area contributed by atoms with E-state index in [1.165, 1.54) is 11.6 Å². The second-order valence-corrected chi connectivity index (χ2v) is 5.50. The van der Waals surface area contributed by atoms with Gasteiger partial charge in [0.25, 0.3) is 5.56 Å². The van der Waals surface area contributed by atoms with Gasteiger partial charge < -0.3 is 9.88 Å². The molecule has 0 aliphatic rings. The lowest BCUT2D eigenvalue weighted by atomic mass is 10.3. The molecule has 2 aromatic heterocycles. The topological polar surface area (TPSA) is 73.8 Å². The quantitative estimate of drug-likeness (QED) is 0.877. The number of fused-ring (bicyclic) bond motifs is 1. The summed E-state index contributed by atoms with van der Waals surface area (Å²) in [6.07, 6.45) is 1.62. The first kappa shape index (κ1) is 17.5. The van der Waals surface area contributed by atoms with Crippen molar-refractivity contribution >= 4 is 23.6 Å². The number of aromatic nitrogens is 4. The monoisotopic (exact) mass is 315 g/mol. The van der Waals surface area contributed by atoms with Crippen LogP contribution in [-0.4, -0.2) is 30.8 Å². The summed E-state index contributed by atoms with van der Waals surface area (Å²) in [5, 5.41) is 3.38. The average molecular weight is 316 g/mol. The fourth-order valence-electron chi connectivity index (χ4n) is 2.45. The molecule has 0 aromatic carbocycles. The molecule has 2 rings (SSSR count). The zero-order valence-electron chi connectivity index (χ0n) is 13.0. The highest BCUT2D eigenvalue weighted by Crippen LogP contribution is 2.06. The van der Waals surface area contributed by atoms with Crippen LogP contribution in [0.5, 0.6) is 0 Å². The standard InChI is InChI=1S/C13H21N5O2.ClH/c1-8(2)15-9(3)6-18-7-14-11-10(18)12(19)17(5)13(20)16(11)4;/h7-9,15H,6H2,1-5H3;1H. The van der Waals surface area contributed by atoms with Gasteiger partial charge in [0.15, 0.2) is 11.2 Å². The Kier molecular flexibility index (Phi) is 5.36. The lowest BCUT2D eigenvalue weighted by Crippen LogP contribution is -2.39. The van der Waals surface area contributed by atoms with Crippen molar-refractivity contribution < 1.29 is 0 Å². The van der Waals surface area contributed by atoms with E-state index in [1.54, 1.807) is 17.9 Å². The third-order valence-electron chi connectivity index (χ3n) is 3.31. The van der Waals surface area contributed by atoms with Gasteiger partial charge in [-0.05, 0) is 6.92 Å². The highest BCUT2D eigenvalue weighted by atomic mass is 35.5. The van der Waals surface area contributed by atoms with Crippen molar-refractivity contribution in [3.63, 3.8) is 0 Å². The summed E-state index contributed by atoms with van der Waals surface area (Å²) in [7, 11) is 3.11. The fourth-order valence-corrected chi connectivity index (χ4v) is 2.45. The van der Waals surface area contributed by atoms with Crippen LogP contribution in [0.2, 0.25) is 0 Å². The van der Waals surface area contributed by atoms with E-state index >= 15 is 0 Å². The van der Waals surface area contributed by atoms with Gasteiger partial charge in [-0.2, -0.15) is 0 Å². The Morgan fingerprint density at radius 3 is 2.38 bits per heavy atom. The Bertz CT molecular complexity index is 743. The first-order valence-electron chi connectivity index (χ1n) is 6.69. The molecule has 0 aliphatic heterocycles. The zero-order valence-corrected chi connectivity index (χ0v) is 13.8. The lowest BCUT2D eigenvalue weighted by Gasteiger charge is -2.17. The molecule has 0 spiro atoms. The number of nitrogens with one attached hydrogen (secondary N) is 1. The minimum absolute atomic E-state index is 0. The molecule has 21 heavy (non-hydrogen) atoms. The predicted molar refractivity (Wildman–Crippen MR) is 85.2 cm³/mol. The van der Waals surface area contributed by atoms with E-state index in [0.29, 0.717) is 23.8 Å². The maximum Gasteiger partial charge on any atom is 0.332 e. The van der Waals surface area contributed by atoms with E-state index in [1.807, 2.05) is 0 Å². The van der Waals surface area contributed by atoms with Crippen LogP contribution in [0.25, 0.3) is 11.2 Å². The number of aryl methyl sites for hydroxylation is 1. The van der Waals surface area contributed by atoms with E-state index in [-0.39, 0.29) is 29.7 Å². The molecule has 0 aliphatic carbocycles. The van der Waals surface area contributed by atoms with Crippen molar-refractivity contribution in [2.45, 2.75) is 39.4 Å². The maximum atomic E-state index is 12.3. The highest BCUT2D eigenvalue weighted by Gasteiger charge is 2.15. The van der Waals surface area contributed by atoms with Gasteiger partial charge in [-0.25, -0.2) is 9.78 Å². The molecule has 1 unspecified atom stereocenters. The predicted octanol–water partition coefficient (Wildman–Crippen LogP) is 0.242. The van der Waals surface area contributed by atoms with Crippen LogP contribution in [0, 0.1) is 0 Å². The third kappa shape index (κ3) is 3.19. The van der Waals surface area contributed by atoms with Gasteiger partial charge in [-0.3, -0.25) is 13.9 Å². The SMILES string of the molecule is CC(C)NC(C)Cn1cnc2c1c(=O)n(C)c(=O)n2C.Cl. The number of nitrogens with zero attached hydrogens (tertiary/aromatic N) is 4. The first-order valence-corrected chi connectivity index (χ1v) is 6.69. The van der Waals surface area contributed by atoms with Gasteiger partial charge in [-0.15, -0.1) is 12.4 Å². The molecule has 0 saturated heterocycles. The van der Waals surface area contributed by atoms with E-state index in [9.17, 15) is 9.59 Å². The van der Waals surface area contributed by atoms with Gasteiger partial charge >= 0.3 is 5.69 Å². The molecule has 0 saturated carbocycles. The third-order valence-corrected chi connectivity index (χ3v) is 3.31. The summed E-state index contributed by atoms with van der Waals surface area (Å²) < 4.78 is 4.31. The number of hydrogen-bond acceptors (Lipinski definition) is 4. The molecule has 0 fully saturated rings. The molecule has 0 radical (unpaired) electrons. The van der Waals surface area contributed by atoms with E-state index in [4.69, 9.17) is 0 Å². The fraction of sp³-hybridized carbons (Fsp3) is 0.615. The Morgan fingerprint density at radius 1 is 1.19 bits per heavy atom. The molecule has 2 heterocycles. The van der Waals surface area contributed by atoms with Gasteiger partial charge in [0.2, 0.25) is 0 Å². The summed E-state index contributed by atoms with van der Waals surface area (Å²) in [5.41, 5.74) is 0.223. The molecule has 8 heteroatoms. The number of halogens is 1. The van der Waals surface area contributed by atoms with Crippen LogP contribution in [0.4, 0.5) is 0 Å². The molecule has 2 aromatic rings. The minimum Gasteiger partial charge on any atom is -0.323 e. The van der Waals surface area contributed by atoms with Crippen molar-refractivity contribution in [2.24, 2.45) is 14.1 Å². The van der Waals surface area contributed by atoms with Gasteiger partial charge in [0, 0.05) is 32.7 Å². The Morgan fingerprint density at radius 2 is 1.81 bits per heavy atom. The smallest absolute Gasteiger partial charge is 0.323 e. The van der Waals surface area contributed by atoms with Gasteiger partial charge in [0.05, 0.1) is 6.33 Å². The van der Waals surface area contributed by atoms with Crippen LogP contribution < -0.4 is 16.6 Å². The largest absolute Gasteiger partial charge is 0.332 e. The van der Waals surface area contributed by atoms with Crippen molar-refractivity contribution in [1.82, 2.24) is 24.0 Å². The molecule has 0 amide bonds. The van der Waals surface area contributed by atoms with E-state index in [0.717, 1.165) is 4.57 Å². The summed E-state index contributed by atoms with van der Waals surface area (Å²) >= 11 is 0. The Hall–Kier alpha value is -1.60. The molecule has 1 N–H and O–H groups in total. The average Bonchev–Trinajstić information content (AvgIpc) is 2.76. The number of rotatable bonds is 4. The van der Waals surface area contributed by atoms with Crippen LogP contribution in [0.1, 0.15) is 20.8 Å². The number of hydrogen-bond donors (Lipinski definition) is 1. The zero-order chi connectivity index (χ0) is 15.0. The van der Waals surface area contributed by atoms with Crippen molar-refractivity contribution in [3.05, 3.63) is 27.2 Å². The summed E-state index contributed by atoms with van der Waals surface area (Å²) in [6, 6.07) is 0.571. The molecule has 118 valence electrons. The Labute approximate surface area is 129 Å². The molecule has 1 atom stereocenters. The van der Waals surface area contributed by atoms with Crippen LogP contribution in [0.15, 0.2) is 15.9 Å². The van der Waals surface area contributed by atoms with Crippen molar-refractivity contribution in [1.29, 1.82) is 0 Å². The van der Waals surface area contributed by atoms with Gasteiger partial charge in [0.1, 0.15) is 0 Å². The second kappa shape index (κ2) is 6.44. The highest BCUT2D eigenvalue weighted by molar-refractivity contribution is 5.85. The maximum absolute atomic E-state index is 12.3. The minimum atomic E-state index is -0.360. The van der Waals surface area contributed by atoms with Crippen molar-refractivity contribution in [2.75, 3.05) is 0 Å². The normalized spacial score (nSPS) is 12.7. The lowest BCUT2D eigenvalue weighted by molar-refractivity contribution is 0.442. The summed E-state index contributed by atoms with van der Waals surface area (Å²) in [5.74, 6) is 0. The molecular formula is C13H22ClN5O2. The van der Waals surface area contributed by atoms with Crippen LogP contribution in [-0.2, 0) is 20.6 Å². The first-order chi connectivity index (χ1) is 9.32. The number of imidazole rings is 1. The van der Waals surface area contributed by atoms with Gasteiger partial charge in [-0.1, -0.05) is 13.8 Å². The summed E-state index contributed by atoms with van der Waals surface area (Å²) in [4.78, 5) is 28.3. The summed E-state index contributed by atoms with van der Waals surface area (Å²) in [6.45, 7) is 6.83. The molecule has 7 nitrogen and oxygen atoms in total. The second-order valence-electron chi connectivity index (χ2n) is 5.50. The Balaban J connectivity index is 0.00000220. The van der Waals surface area contributed by atoms with Crippen LogP contribution >= 0.6 is 12.4 Å². The van der Waals surface area contributed by atoms with Crippen LogP contribution in [0.3, 0.4) is 0 Å². The van der Waals surface area contributed by atoms with E-state index < -0.39 is 0 Å².